The summed E-state index contributed by atoms with van der Waals surface area (Å²) in [7, 11) is 2.11. The van der Waals surface area contributed by atoms with Gasteiger partial charge >= 0.3 is 6.18 Å². The van der Waals surface area contributed by atoms with Gasteiger partial charge in [-0.05, 0) is 44.4 Å². The first-order chi connectivity index (χ1) is 14.9. The van der Waals surface area contributed by atoms with E-state index in [0.29, 0.717) is 5.82 Å². The minimum Gasteiger partial charge on any atom is -0.355 e. The van der Waals surface area contributed by atoms with Crippen molar-refractivity contribution in [1.82, 2.24) is 25.1 Å². The van der Waals surface area contributed by atoms with E-state index in [-0.39, 0.29) is 12.1 Å². The lowest BCUT2D eigenvalue weighted by atomic mass is 10.0. The SMILES string of the molecule is CN1CCc2nnc(N3CCC(N(c4cc(C(F)(F)F)ncn4)C4CC4)CC3)cc2C1. The molecule has 0 N–H and O–H groups in total. The van der Waals surface area contributed by atoms with Crippen molar-refractivity contribution in [3.63, 3.8) is 0 Å². The molecule has 7 nitrogen and oxygen atoms in total. The Morgan fingerprint density at radius 1 is 0.968 bits per heavy atom. The van der Waals surface area contributed by atoms with Gasteiger partial charge in [0, 0.05) is 50.7 Å². The summed E-state index contributed by atoms with van der Waals surface area (Å²) in [6.45, 7) is 3.49. The largest absolute Gasteiger partial charge is 0.433 e. The van der Waals surface area contributed by atoms with Gasteiger partial charge in [-0.3, -0.25) is 0 Å². The predicted octanol–water partition coefficient (Wildman–Crippen LogP) is 2.91. The van der Waals surface area contributed by atoms with Crippen LogP contribution in [0.2, 0.25) is 0 Å². The Hall–Kier alpha value is -2.49. The van der Waals surface area contributed by atoms with Crippen LogP contribution >= 0.6 is 0 Å². The Labute approximate surface area is 179 Å². The van der Waals surface area contributed by atoms with E-state index in [2.05, 4.69) is 48.0 Å². The van der Waals surface area contributed by atoms with Crippen molar-refractivity contribution < 1.29 is 13.2 Å². The molecule has 4 heterocycles. The number of piperidine rings is 1. The Kier molecular flexibility index (Phi) is 5.19. The highest BCUT2D eigenvalue weighted by atomic mass is 19.4. The van der Waals surface area contributed by atoms with Gasteiger partial charge in [-0.15, -0.1) is 5.10 Å². The molecule has 0 spiro atoms. The zero-order valence-electron chi connectivity index (χ0n) is 17.5. The van der Waals surface area contributed by atoms with Crippen molar-refractivity contribution in [3.8, 4) is 0 Å². The van der Waals surface area contributed by atoms with Gasteiger partial charge in [0.1, 0.15) is 17.8 Å². The van der Waals surface area contributed by atoms with Crippen LogP contribution in [0.5, 0.6) is 0 Å². The Morgan fingerprint density at radius 2 is 1.71 bits per heavy atom. The average molecular weight is 433 g/mol. The molecule has 0 unspecified atom stereocenters. The van der Waals surface area contributed by atoms with E-state index >= 15 is 0 Å². The third-order valence-electron chi connectivity index (χ3n) is 6.45. The van der Waals surface area contributed by atoms with Gasteiger partial charge in [0.25, 0.3) is 0 Å². The Morgan fingerprint density at radius 3 is 2.42 bits per heavy atom. The van der Waals surface area contributed by atoms with Gasteiger partial charge in [-0.25, -0.2) is 9.97 Å². The van der Waals surface area contributed by atoms with Crippen LogP contribution in [-0.4, -0.2) is 63.8 Å². The van der Waals surface area contributed by atoms with Crippen molar-refractivity contribution >= 4 is 11.6 Å². The average Bonchev–Trinajstić information content (AvgIpc) is 3.59. The van der Waals surface area contributed by atoms with Crippen LogP contribution in [0.3, 0.4) is 0 Å². The van der Waals surface area contributed by atoms with E-state index < -0.39 is 11.9 Å². The predicted molar refractivity (Wildman–Crippen MR) is 110 cm³/mol. The molecule has 1 saturated heterocycles. The fourth-order valence-electron chi connectivity index (χ4n) is 4.65. The van der Waals surface area contributed by atoms with Gasteiger partial charge in [0.2, 0.25) is 0 Å². The third kappa shape index (κ3) is 4.30. The maximum atomic E-state index is 13.1. The molecular weight excluding hydrogens is 407 g/mol. The zero-order chi connectivity index (χ0) is 21.6. The van der Waals surface area contributed by atoms with Crippen LogP contribution in [0.15, 0.2) is 18.5 Å². The molecule has 0 radical (unpaired) electrons. The fourth-order valence-corrected chi connectivity index (χ4v) is 4.65. The molecule has 3 aliphatic rings. The number of anilines is 2. The molecule has 1 aliphatic carbocycles. The molecule has 2 aromatic heterocycles. The number of nitrogens with zero attached hydrogens (tertiary/aromatic N) is 7. The molecule has 0 amide bonds. The number of likely N-dealkylation sites (N-methyl/N-ethyl adjacent to an activating group) is 1. The minimum absolute atomic E-state index is 0.163. The summed E-state index contributed by atoms with van der Waals surface area (Å²) in [5.41, 5.74) is 1.44. The van der Waals surface area contributed by atoms with E-state index in [0.717, 1.165) is 82.2 Å². The van der Waals surface area contributed by atoms with Crippen molar-refractivity contribution in [2.75, 3.05) is 36.5 Å². The lowest BCUT2D eigenvalue weighted by Gasteiger charge is -2.40. The van der Waals surface area contributed by atoms with Gasteiger partial charge < -0.3 is 14.7 Å². The molecule has 166 valence electrons. The number of hydrogen-bond donors (Lipinski definition) is 0. The number of aromatic nitrogens is 4. The molecule has 2 aromatic rings. The highest BCUT2D eigenvalue weighted by Crippen LogP contribution is 2.37. The van der Waals surface area contributed by atoms with Crippen LogP contribution in [0.1, 0.15) is 42.6 Å². The highest BCUT2D eigenvalue weighted by molar-refractivity contribution is 5.46. The van der Waals surface area contributed by atoms with E-state index in [1.165, 1.54) is 5.56 Å². The maximum absolute atomic E-state index is 13.1. The summed E-state index contributed by atoms with van der Waals surface area (Å²) in [6, 6.07) is 3.68. The monoisotopic (exact) mass is 433 g/mol. The summed E-state index contributed by atoms with van der Waals surface area (Å²) in [5, 5.41) is 8.90. The smallest absolute Gasteiger partial charge is 0.355 e. The first-order valence-corrected chi connectivity index (χ1v) is 10.8. The minimum atomic E-state index is -4.46. The van der Waals surface area contributed by atoms with Crippen LogP contribution in [0.4, 0.5) is 24.8 Å². The molecule has 0 bridgehead atoms. The van der Waals surface area contributed by atoms with Crippen LogP contribution < -0.4 is 9.80 Å². The number of hydrogen-bond acceptors (Lipinski definition) is 7. The van der Waals surface area contributed by atoms with Gasteiger partial charge in [0.05, 0.1) is 5.69 Å². The third-order valence-corrected chi connectivity index (χ3v) is 6.45. The number of halogens is 3. The first-order valence-electron chi connectivity index (χ1n) is 10.8. The zero-order valence-corrected chi connectivity index (χ0v) is 17.5. The molecule has 0 atom stereocenters. The topological polar surface area (TPSA) is 61.3 Å². The molecule has 10 heteroatoms. The Bertz CT molecular complexity index is 939. The number of fused-ring (bicyclic) bond motifs is 1. The second-order valence-corrected chi connectivity index (χ2v) is 8.78. The van der Waals surface area contributed by atoms with Crippen LogP contribution in [0.25, 0.3) is 0 Å². The second-order valence-electron chi connectivity index (χ2n) is 8.78. The summed E-state index contributed by atoms with van der Waals surface area (Å²) in [6.07, 6.45) is 1.18. The van der Waals surface area contributed by atoms with Crippen molar-refractivity contribution in [3.05, 3.63) is 35.4 Å². The van der Waals surface area contributed by atoms with E-state index in [1.807, 2.05) is 0 Å². The normalized spacial score (nSPS) is 20.6. The molecular formula is C21H26F3N7. The summed E-state index contributed by atoms with van der Waals surface area (Å²) in [4.78, 5) is 14.2. The molecule has 2 aliphatic heterocycles. The highest BCUT2D eigenvalue weighted by Gasteiger charge is 2.39. The summed E-state index contributed by atoms with van der Waals surface area (Å²) >= 11 is 0. The first kappa shape index (κ1) is 20.4. The van der Waals surface area contributed by atoms with E-state index in [1.54, 1.807) is 0 Å². The summed E-state index contributed by atoms with van der Waals surface area (Å²) in [5.74, 6) is 1.28. The van der Waals surface area contributed by atoms with E-state index in [9.17, 15) is 13.2 Å². The van der Waals surface area contributed by atoms with Crippen molar-refractivity contribution in [2.24, 2.45) is 0 Å². The van der Waals surface area contributed by atoms with E-state index in [4.69, 9.17) is 0 Å². The second kappa shape index (κ2) is 7.89. The van der Waals surface area contributed by atoms with Crippen molar-refractivity contribution in [1.29, 1.82) is 0 Å². The molecule has 2 fully saturated rings. The molecule has 31 heavy (non-hydrogen) atoms. The molecule has 5 rings (SSSR count). The number of rotatable bonds is 4. The molecule has 0 aromatic carbocycles. The number of alkyl halides is 3. The van der Waals surface area contributed by atoms with Crippen molar-refractivity contribution in [2.45, 2.75) is 56.9 Å². The summed E-state index contributed by atoms with van der Waals surface area (Å²) < 4.78 is 39.4. The van der Waals surface area contributed by atoms with Crippen LogP contribution in [-0.2, 0) is 19.1 Å². The van der Waals surface area contributed by atoms with Gasteiger partial charge in [-0.1, -0.05) is 0 Å². The van der Waals surface area contributed by atoms with Gasteiger partial charge in [0.15, 0.2) is 5.82 Å². The molecule has 1 saturated carbocycles. The fraction of sp³-hybridized carbons (Fsp3) is 0.619. The quantitative estimate of drug-likeness (QED) is 0.735. The Balaban J connectivity index is 1.30. The lowest BCUT2D eigenvalue weighted by molar-refractivity contribution is -0.141. The van der Waals surface area contributed by atoms with Crippen LogP contribution in [0, 0.1) is 0 Å². The maximum Gasteiger partial charge on any atom is 0.433 e. The standard InChI is InChI=1S/C21H26F3N7/c1-29-7-6-17-14(12-29)10-20(28-27-17)30-8-4-16(5-9-30)31(15-2-3-15)19-11-18(21(22,23)24)25-13-26-19/h10-11,13,15-16H,2-9,12H2,1H3. The van der Waals surface area contributed by atoms with Gasteiger partial charge in [-0.2, -0.15) is 18.3 Å². The lowest BCUT2D eigenvalue weighted by Crippen LogP contribution is -2.47.